The van der Waals surface area contributed by atoms with E-state index in [0.717, 1.165) is 36.8 Å². The molecule has 2 aromatic heterocycles. The first kappa shape index (κ1) is 14.6. The van der Waals surface area contributed by atoms with Crippen LogP contribution in [-0.2, 0) is 11.3 Å². The number of ether oxygens (including phenoxy) is 1. The van der Waals surface area contributed by atoms with Gasteiger partial charge in [0.2, 0.25) is 5.89 Å². The molecular formula is C18H18N2O2S. The Balaban J connectivity index is 1.43. The molecule has 1 aliphatic heterocycles. The van der Waals surface area contributed by atoms with Crippen LogP contribution in [0.4, 0.5) is 0 Å². The first-order valence-electron chi connectivity index (χ1n) is 7.76. The molecule has 3 heterocycles. The Labute approximate surface area is 139 Å². The van der Waals surface area contributed by atoms with E-state index in [1.165, 1.54) is 5.56 Å². The molecule has 0 saturated carbocycles. The average molecular weight is 326 g/mol. The maximum Gasteiger partial charge on any atom is 0.236 e. The SMILES string of the molecule is c1ccc(C2CN(Cc3coc(-c4cccs4)n3)CCO2)cc1. The molecule has 0 amide bonds. The van der Waals surface area contributed by atoms with E-state index in [1.807, 2.05) is 23.6 Å². The van der Waals surface area contributed by atoms with E-state index < -0.39 is 0 Å². The second-order valence-electron chi connectivity index (χ2n) is 5.63. The summed E-state index contributed by atoms with van der Waals surface area (Å²) in [4.78, 5) is 8.05. The largest absolute Gasteiger partial charge is 0.444 e. The molecule has 4 rings (SSSR count). The van der Waals surface area contributed by atoms with Crippen LogP contribution in [0.3, 0.4) is 0 Å². The lowest BCUT2D eigenvalue weighted by Gasteiger charge is -2.32. The number of hydrogen-bond acceptors (Lipinski definition) is 5. The molecule has 23 heavy (non-hydrogen) atoms. The van der Waals surface area contributed by atoms with Crippen LogP contribution in [0.1, 0.15) is 17.4 Å². The predicted molar refractivity (Wildman–Crippen MR) is 90.2 cm³/mol. The maximum absolute atomic E-state index is 5.91. The number of aromatic nitrogens is 1. The normalized spacial score (nSPS) is 19.0. The first-order chi connectivity index (χ1) is 11.4. The Morgan fingerprint density at radius 2 is 2.09 bits per heavy atom. The van der Waals surface area contributed by atoms with Crippen molar-refractivity contribution in [2.75, 3.05) is 19.7 Å². The summed E-state index contributed by atoms with van der Waals surface area (Å²) in [6.45, 7) is 3.34. The van der Waals surface area contributed by atoms with Crippen molar-refractivity contribution in [3.8, 4) is 10.8 Å². The van der Waals surface area contributed by atoms with Crippen molar-refractivity contribution in [1.29, 1.82) is 0 Å². The molecule has 1 saturated heterocycles. The Kier molecular flexibility index (Phi) is 4.24. The van der Waals surface area contributed by atoms with Crippen molar-refractivity contribution in [3.05, 3.63) is 65.4 Å². The van der Waals surface area contributed by atoms with Gasteiger partial charge in [0.05, 0.1) is 23.3 Å². The van der Waals surface area contributed by atoms with Gasteiger partial charge in [-0.15, -0.1) is 11.3 Å². The summed E-state index contributed by atoms with van der Waals surface area (Å²) in [5, 5.41) is 2.03. The number of hydrogen-bond donors (Lipinski definition) is 0. The van der Waals surface area contributed by atoms with Gasteiger partial charge in [-0.25, -0.2) is 4.98 Å². The van der Waals surface area contributed by atoms with Gasteiger partial charge in [-0.2, -0.15) is 0 Å². The summed E-state index contributed by atoms with van der Waals surface area (Å²) in [5.41, 5.74) is 2.21. The summed E-state index contributed by atoms with van der Waals surface area (Å²) in [6.07, 6.45) is 1.90. The Morgan fingerprint density at radius 1 is 1.17 bits per heavy atom. The molecule has 1 fully saturated rings. The number of oxazole rings is 1. The lowest BCUT2D eigenvalue weighted by molar-refractivity contribution is -0.0332. The predicted octanol–water partition coefficient (Wildman–Crippen LogP) is 3.98. The van der Waals surface area contributed by atoms with Gasteiger partial charge in [-0.3, -0.25) is 4.90 Å². The van der Waals surface area contributed by atoms with Crippen LogP contribution in [-0.4, -0.2) is 29.6 Å². The highest BCUT2D eigenvalue weighted by Crippen LogP contribution is 2.26. The van der Waals surface area contributed by atoms with Crippen LogP contribution in [0.5, 0.6) is 0 Å². The van der Waals surface area contributed by atoms with Gasteiger partial charge in [0.25, 0.3) is 0 Å². The van der Waals surface area contributed by atoms with Gasteiger partial charge >= 0.3 is 0 Å². The zero-order valence-corrected chi connectivity index (χ0v) is 13.5. The van der Waals surface area contributed by atoms with Crippen LogP contribution in [0.25, 0.3) is 10.8 Å². The minimum absolute atomic E-state index is 0.133. The van der Waals surface area contributed by atoms with E-state index in [0.29, 0.717) is 5.89 Å². The standard InChI is InChI=1S/C18H18N2O2S/c1-2-5-14(6-3-1)16-12-20(8-9-21-16)11-15-13-22-18(19-15)17-7-4-10-23-17/h1-7,10,13,16H,8-9,11-12H2. The minimum atomic E-state index is 0.133. The molecule has 0 bridgehead atoms. The number of rotatable bonds is 4. The molecular weight excluding hydrogens is 308 g/mol. The van der Waals surface area contributed by atoms with Gasteiger partial charge in [-0.05, 0) is 17.0 Å². The number of morpholine rings is 1. The summed E-state index contributed by atoms with van der Waals surface area (Å²) in [5.74, 6) is 0.711. The molecule has 0 radical (unpaired) electrons. The smallest absolute Gasteiger partial charge is 0.236 e. The molecule has 0 aliphatic carbocycles. The highest BCUT2D eigenvalue weighted by molar-refractivity contribution is 7.13. The van der Waals surface area contributed by atoms with Crippen LogP contribution in [0.15, 0.2) is 58.5 Å². The number of benzene rings is 1. The fourth-order valence-electron chi connectivity index (χ4n) is 2.84. The zero-order chi connectivity index (χ0) is 15.5. The van der Waals surface area contributed by atoms with Crippen LogP contribution in [0, 0.1) is 0 Å². The molecule has 0 spiro atoms. The third kappa shape index (κ3) is 3.37. The molecule has 5 heteroatoms. The quantitative estimate of drug-likeness (QED) is 0.727. The van der Waals surface area contributed by atoms with E-state index in [4.69, 9.17) is 9.15 Å². The van der Waals surface area contributed by atoms with Crippen molar-refractivity contribution in [1.82, 2.24) is 9.88 Å². The van der Waals surface area contributed by atoms with Crippen LogP contribution >= 0.6 is 11.3 Å². The summed E-state index contributed by atoms with van der Waals surface area (Å²) < 4.78 is 11.5. The summed E-state index contributed by atoms with van der Waals surface area (Å²) >= 11 is 1.64. The third-order valence-corrected chi connectivity index (χ3v) is 4.85. The fourth-order valence-corrected chi connectivity index (χ4v) is 3.49. The summed E-state index contributed by atoms with van der Waals surface area (Å²) in [6, 6.07) is 14.4. The highest BCUT2D eigenvalue weighted by Gasteiger charge is 2.22. The third-order valence-electron chi connectivity index (χ3n) is 3.99. The Bertz CT molecular complexity index is 739. The van der Waals surface area contributed by atoms with Crippen molar-refractivity contribution >= 4 is 11.3 Å². The van der Waals surface area contributed by atoms with Crippen LogP contribution in [0.2, 0.25) is 0 Å². The Hall–Kier alpha value is -1.95. The zero-order valence-electron chi connectivity index (χ0n) is 12.7. The molecule has 1 unspecified atom stereocenters. The van der Waals surface area contributed by atoms with E-state index in [-0.39, 0.29) is 6.10 Å². The molecule has 3 aromatic rings. The van der Waals surface area contributed by atoms with Gasteiger partial charge in [0, 0.05) is 19.6 Å². The maximum atomic E-state index is 5.91. The fraction of sp³-hybridized carbons (Fsp3) is 0.278. The lowest BCUT2D eigenvalue weighted by Crippen LogP contribution is -2.37. The van der Waals surface area contributed by atoms with E-state index in [1.54, 1.807) is 17.6 Å². The summed E-state index contributed by atoms with van der Waals surface area (Å²) in [7, 11) is 0. The monoisotopic (exact) mass is 326 g/mol. The van der Waals surface area contributed by atoms with Crippen molar-refractivity contribution in [3.63, 3.8) is 0 Å². The molecule has 0 N–H and O–H groups in total. The second kappa shape index (κ2) is 6.66. The van der Waals surface area contributed by atoms with Crippen molar-refractivity contribution in [2.24, 2.45) is 0 Å². The molecule has 1 atom stereocenters. The second-order valence-corrected chi connectivity index (χ2v) is 6.57. The molecule has 1 aliphatic rings. The molecule has 118 valence electrons. The first-order valence-corrected chi connectivity index (χ1v) is 8.63. The highest BCUT2D eigenvalue weighted by atomic mass is 32.1. The molecule has 1 aromatic carbocycles. The van der Waals surface area contributed by atoms with Gasteiger partial charge in [0.15, 0.2) is 0 Å². The topological polar surface area (TPSA) is 38.5 Å². The lowest BCUT2D eigenvalue weighted by atomic mass is 10.1. The van der Waals surface area contributed by atoms with Gasteiger partial charge < -0.3 is 9.15 Å². The molecule has 4 nitrogen and oxygen atoms in total. The minimum Gasteiger partial charge on any atom is -0.444 e. The van der Waals surface area contributed by atoms with E-state index >= 15 is 0 Å². The van der Waals surface area contributed by atoms with Crippen molar-refractivity contribution in [2.45, 2.75) is 12.6 Å². The van der Waals surface area contributed by atoms with E-state index in [2.05, 4.69) is 34.1 Å². The number of thiophene rings is 1. The van der Waals surface area contributed by atoms with Gasteiger partial charge in [-0.1, -0.05) is 36.4 Å². The Morgan fingerprint density at radius 3 is 2.91 bits per heavy atom. The number of nitrogens with zero attached hydrogens (tertiary/aromatic N) is 2. The van der Waals surface area contributed by atoms with Crippen LogP contribution < -0.4 is 0 Å². The van der Waals surface area contributed by atoms with Crippen molar-refractivity contribution < 1.29 is 9.15 Å². The van der Waals surface area contributed by atoms with Gasteiger partial charge in [0.1, 0.15) is 6.26 Å². The average Bonchev–Trinajstić information content (AvgIpc) is 3.27. The van der Waals surface area contributed by atoms with E-state index in [9.17, 15) is 0 Å².